The highest BCUT2D eigenvalue weighted by molar-refractivity contribution is 5.44. The molecule has 0 amide bonds. The highest BCUT2D eigenvalue weighted by atomic mass is 16.6. The molecule has 74 valence electrons. The second-order valence-electron chi connectivity index (χ2n) is 3.81. The molecule has 1 aromatic carbocycles. The number of nitro benzene ring substituents is 1. The Kier molecular flexibility index (Phi) is 2.00. The van der Waals surface area contributed by atoms with Crippen molar-refractivity contribution in [1.29, 1.82) is 0 Å². The van der Waals surface area contributed by atoms with Crippen molar-refractivity contribution in [3.05, 3.63) is 39.4 Å². The van der Waals surface area contributed by atoms with Crippen LogP contribution in [0.4, 0.5) is 5.69 Å². The Morgan fingerprint density at radius 2 is 2.21 bits per heavy atom. The quantitative estimate of drug-likeness (QED) is 0.573. The van der Waals surface area contributed by atoms with Gasteiger partial charge in [0.2, 0.25) is 0 Å². The third-order valence-electron chi connectivity index (χ3n) is 2.69. The van der Waals surface area contributed by atoms with Gasteiger partial charge in [-0.05, 0) is 25.0 Å². The van der Waals surface area contributed by atoms with Crippen molar-refractivity contribution in [1.82, 2.24) is 0 Å². The Morgan fingerprint density at radius 1 is 1.57 bits per heavy atom. The Balaban J connectivity index is 2.31. The molecule has 1 aromatic rings. The van der Waals surface area contributed by atoms with Crippen LogP contribution in [0.25, 0.3) is 0 Å². The van der Waals surface area contributed by atoms with Crippen LogP contribution >= 0.6 is 0 Å². The van der Waals surface area contributed by atoms with Gasteiger partial charge in [-0.25, -0.2) is 0 Å². The van der Waals surface area contributed by atoms with E-state index < -0.39 is 0 Å². The van der Waals surface area contributed by atoms with E-state index in [9.17, 15) is 10.1 Å². The van der Waals surface area contributed by atoms with E-state index in [2.05, 4.69) is 0 Å². The molecule has 0 saturated heterocycles. The van der Waals surface area contributed by atoms with E-state index >= 15 is 0 Å². The highest BCUT2D eigenvalue weighted by Crippen LogP contribution is 2.40. The third-order valence-corrected chi connectivity index (χ3v) is 2.69. The molecule has 4 nitrogen and oxygen atoms in total. The monoisotopic (exact) mass is 192 g/mol. The predicted octanol–water partition coefficient (Wildman–Crippen LogP) is 1.72. The largest absolute Gasteiger partial charge is 0.327 e. The molecule has 0 spiro atoms. The van der Waals surface area contributed by atoms with Gasteiger partial charge in [0.25, 0.3) is 5.69 Å². The molecular formula is C10H12N2O2. The first-order valence-corrected chi connectivity index (χ1v) is 4.60. The van der Waals surface area contributed by atoms with Gasteiger partial charge in [0.1, 0.15) is 0 Å². The summed E-state index contributed by atoms with van der Waals surface area (Å²) in [4.78, 5) is 10.2. The van der Waals surface area contributed by atoms with E-state index in [-0.39, 0.29) is 16.7 Å². The molecule has 0 aliphatic heterocycles. The molecule has 0 aromatic heterocycles. The van der Waals surface area contributed by atoms with Crippen molar-refractivity contribution in [2.24, 2.45) is 5.73 Å². The van der Waals surface area contributed by atoms with E-state index in [1.807, 2.05) is 12.1 Å². The lowest BCUT2D eigenvalue weighted by Crippen LogP contribution is -2.01. The Morgan fingerprint density at radius 3 is 2.64 bits per heavy atom. The average Bonchev–Trinajstić information content (AvgIpc) is 2.81. The molecule has 1 aliphatic rings. The summed E-state index contributed by atoms with van der Waals surface area (Å²) >= 11 is 0. The van der Waals surface area contributed by atoms with Crippen LogP contribution in [0.3, 0.4) is 0 Å². The number of nitrogens with zero attached hydrogens (tertiary/aromatic N) is 1. The summed E-state index contributed by atoms with van der Waals surface area (Å²) in [7, 11) is 0. The molecule has 2 rings (SSSR count). The number of hydrogen-bond donors (Lipinski definition) is 1. The molecular weight excluding hydrogens is 180 g/mol. The van der Waals surface area contributed by atoms with Gasteiger partial charge in [-0.2, -0.15) is 0 Å². The van der Waals surface area contributed by atoms with Gasteiger partial charge in [0.05, 0.1) is 4.92 Å². The van der Waals surface area contributed by atoms with Gasteiger partial charge in [-0.3, -0.25) is 10.1 Å². The predicted molar refractivity (Wildman–Crippen MR) is 53.2 cm³/mol. The van der Waals surface area contributed by atoms with Crippen LogP contribution in [0.15, 0.2) is 18.2 Å². The summed E-state index contributed by atoms with van der Waals surface area (Å²) in [5.74, 6) is 0.412. The van der Waals surface area contributed by atoms with Crippen molar-refractivity contribution in [3.63, 3.8) is 0 Å². The maximum atomic E-state index is 10.6. The lowest BCUT2D eigenvalue weighted by Gasteiger charge is -2.01. The standard InChI is InChI=1S/C10H12N2O2/c1-6-4-7(8-5-9(8)11)2-3-10(6)12(13)14/h2-4,8-9H,5,11H2,1H3. The second-order valence-corrected chi connectivity index (χ2v) is 3.81. The number of aryl methyl sites for hydroxylation is 1. The number of nitro groups is 1. The van der Waals surface area contributed by atoms with Crippen molar-refractivity contribution < 1.29 is 4.92 Å². The van der Waals surface area contributed by atoms with Crippen molar-refractivity contribution in [2.45, 2.75) is 25.3 Å². The van der Waals surface area contributed by atoms with Gasteiger partial charge in [-0.1, -0.05) is 6.07 Å². The fourth-order valence-corrected chi connectivity index (χ4v) is 1.71. The van der Waals surface area contributed by atoms with Crippen molar-refractivity contribution in [2.75, 3.05) is 0 Å². The van der Waals surface area contributed by atoms with Crippen LogP contribution in [0.5, 0.6) is 0 Å². The number of rotatable bonds is 2. The average molecular weight is 192 g/mol. The Hall–Kier alpha value is -1.42. The molecule has 1 aliphatic carbocycles. The zero-order chi connectivity index (χ0) is 10.3. The first-order chi connectivity index (χ1) is 6.59. The van der Waals surface area contributed by atoms with Gasteiger partial charge in [0, 0.05) is 23.6 Å². The lowest BCUT2D eigenvalue weighted by molar-refractivity contribution is -0.385. The molecule has 2 unspecified atom stereocenters. The number of benzene rings is 1. The smallest absolute Gasteiger partial charge is 0.272 e. The molecule has 4 heteroatoms. The zero-order valence-corrected chi connectivity index (χ0v) is 7.93. The Bertz CT molecular complexity index is 390. The fraction of sp³-hybridized carbons (Fsp3) is 0.400. The van der Waals surface area contributed by atoms with Crippen LogP contribution in [-0.4, -0.2) is 11.0 Å². The summed E-state index contributed by atoms with van der Waals surface area (Å²) in [5, 5.41) is 10.6. The molecule has 1 fully saturated rings. The first kappa shape index (κ1) is 9.15. The fourth-order valence-electron chi connectivity index (χ4n) is 1.71. The van der Waals surface area contributed by atoms with E-state index in [0.717, 1.165) is 12.0 Å². The second kappa shape index (κ2) is 3.06. The molecule has 0 bridgehead atoms. The number of nitrogens with two attached hydrogens (primary N) is 1. The molecule has 1 saturated carbocycles. The molecule has 0 heterocycles. The topological polar surface area (TPSA) is 69.2 Å². The summed E-state index contributed by atoms with van der Waals surface area (Å²) in [6, 6.07) is 5.49. The summed E-state index contributed by atoms with van der Waals surface area (Å²) < 4.78 is 0. The summed E-state index contributed by atoms with van der Waals surface area (Å²) in [5.41, 5.74) is 7.74. The van der Waals surface area contributed by atoms with Crippen LogP contribution < -0.4 is 5.73 Å². The third kappa shape index (κ3) is 1.48. The number of hydrogen-bond acceptors (Lipinski definition) is 3. The summed E-state index contributed by atoms with van der Waals surface area (Å²) in [6.07, 6.45) is 0.997. The van der Waals surface area contributed by atoms with Crippen LogP contribution in [0, 0.1) is 17.0 Å². The highest BCUT2D eigenvalue weighted by Gasteiger charge is 2.35. The minimum Gasteiger partial charge on any atom is -0.327 e. The maximum absolute atomic E-state index is 10.6. The van der Waals surface area contributed by atoms with Gasteiger partial charge >= 0.3 is 0 Å². The van der Waals surface area contributed by atoms with Crippen LogP contribution in [0.1, 0.15) is 23.5 Å². The SMILES string of the molecule is Cc1cc(C2CC2N)ccc1[N+](=O)[O-]. The molecule has 2 atom stereocenters. The van der Waals surface area contributed by atoms with Crippen LogP contribution in [-0.2, 0) is 0 Å². The van der Waals surface area contributed by atoms with E-state index in [1.165, 1.54) is 0 Å². The van der Waals surface area contributed by atoms with Crippen molar-refractivity contribution >= 4 is 5.69 Å². The van der Waals surface area contributed by atoms with E-state index in [4.69, 9.17) is 5.73 Å². The van der Waals surface area contributed by atoms with Gasteiger partial charge < -0.3 is 5.73 Å². The molecule has 14 heavy (non-hydrogen) atoms. The van der Waals surface area contributed by atoms with Crippen molar-refractivity contribution in [3.8, 4) is 0 Å². The van der Waals surface area contributed by atoms with Gasteiger partial charge in [-0.15, -0.1) is 0 Å². The zero-order valence-electron chi connectivity index (χ0n) is 7.93. The normalized spacial score (nSPS) is 24.7. The maximum Gasteiger partial charge on any atom is 0.272 e. The first-order valence-electron chi connectivity index (χ1n) is 4.60. The van der Waals surface area contributed by atoms with Gasteiger partial charge in [0.15, 0.2) is 0 Å². The lowest BCUT2D eigenvalue weighted by atomic mass is 10.1. The van der Waals surface area contributed by atoms with Crippen LogP contribution in [0.2, 0.25) is 0 Å². The Labute approximate surface area is 81.9 Å². The minimum atomic E-state index is -0.355. The van der Waals surface area contributed by atoms with E-state index in [0.29, 0.717) is 11.5 Å². The molecule has 2 N–H and O–H groups in total. The minimum absolute atomic E-state index is 0.183. The van der Waals surface area contributed by atoms with E-state index in [1.54, 1.807) is 13.0 Å². The molecule has 0 radical (unpaired) electrons. The summed E-state index contributed by atoms with van der Waals surface area (Å²) in [6.45, 7) is 1.76.